The first-order valence-corrected chi connectivity index (χ1v) is 6.84. The van der Waals surface area contributed by atoms with Crippen LogP contribution in [0.3, 0.4) is 0 Å². The van der Waals surface area contributed by atoms with E-state index in [4.69, 9.17) is 10.5 Å². The van der Waals surface area contributed by atoms with Crippen molar-refractivity contribution in [3.05, 3.63) is 0 Å². The second-order valence-electron chi connectivity index (χ2n) is 5.21. The Balaban J connectivity index is 0. The van der Waals surface area contributed by atoms with Crippen molar-refractivity contribution in [1.29, 1.82) is 0 Å². The number of nitrogens with two attached hydrogens (primary N) is 1. The molecule has 1 fully saturated rings. The van der Waals surface area contributed by atoms with Crippen molar-refractivity contribution in [2.45, 2.75) is 31.7 Å². The van der Waals surface area contributed by atoms with E-state index >= 15 is 0 Å². The number of nitrogens with one attached hydrogen (secondary N) is 1. The van der Waals surface area contributed by atoms with E-state index < -0.39 is 0 Å². The van der Waals surface area contributed by atoms with Gasteiger partial charge in [-0.25, -0.2) is 0 Å². The Kier molecular flexibility index (Phi) is 14.1. The first-order valence-electron chi connectivity index (χ1n) is 6.84. The molecule has 5 nitrogen and oxygen atoms in total. The van der Waals surface area contributed by atoms with Crippen molar-refractivity contribution < 1.29 is 9.53 Å². The van der Waals surface area contributed by atoms with Crippen LogP contribution in [0, 0.1) is 5.92 Å². The summed E-state index contributed by atoms with van der Waals surface area (Å²) in [6, 6.07) is 0.220. The number of hydrogen-bond donors (Lipinski definition) is 2. The fourth-order valence-electron chi connectivity index (χ4n) is 2.36. The molecule has 2 unspecified atom stereocenters. The topological polar surface area (TPSA) is 67.6 Å². The van der Waals surface area contributed by atoms with E-state index in [0.717, 1.165) is 45.4 Å². The third-order valence-corrected chi connectivity index (χ3v) is 3.53. The Bertz CT molecular complexity index is 258. The van der Waals surface area contributed by atoms with Crippen LogP contribution >= 0.6 is 24.8 Å². The Morgan fingerprint density at radius 1 is 1.35 bits per heavy atom. The molecule has 0 aromatic heterocycles. The molecule has 1 saturated carbocycles. The van der Waals surface area contributed by atoms with Gasteiger partial charge in [-0.3, -0.25) is 4.79 Å². The summed E-state index contributed by atoms with van der Waals surface area (Å²) in [5.74, 6) is 0.312. The maximum Gasteiger partial charge on any atom is 0.223 e. The lowest BCUT2D eigenvalue weighted by atomic mass is 10.1. The Labute approximate surface area is 134 Å². The average Bonchev–Trinajstić information content (AvgIpc) is 2.76. The lowest BCUT2D eigenvalue weighted by Crippen LogP contribution is -2.36. The average molecular weight is 330 g/mol. The van der Waals surface area contributed by atoms with Crippen molar-refractivity contribution in [3.63, 3.8) is 0 Å². The third kappa shape index (κ3) is 8.97. The van der Waals surface area contributed by atoms with Crippen LogP contribution < -0.4 is 11.1 Å². The Morgan fingerprint density at radius 2 is 2.05 bits per heavy atom. The zero-order chi connectivity index (χ0) is 13.4. The molecule has 1 aliphatic rings. The molecule has 0 radical (unpaired) electrons. The summed E-state index contributed by atoms with van der Waals surface area (Å²) in [5, 5.41) is 3.00. The van der Waals surface area contributed by atoms with Crippen LogP contribution in [-0.4, -0.2) is 57.2 Å². The number of hydrogen-bond acceptors (Lipinski definition) is 4. The van der Waals surface area contributed by atoms with Gasteiger partial charge in [0.15, 0.2) is 0 Å². The molecular weight excluding hydrogens is 301 g/mol. The van der Waals surface area contributed by atoms with Gasteiger partial charge in [0.05, 0.1) is 0 Å². The lowest BCUT2D eigenvalue weighted by molar-refractivity contribution is -0.124. The highest BCUT2D eigenvalue weighted by Gasteiger charge is 2.27. The highest BCUT2D eigenvalue weighted by atomic mass is 35.5. The molecule has 122 valence electrons. The van der Waals surface area contributed by atoms with E-state index in [1.165, 1.54) is 0 Å². The largest absolute Gasteiger partial charge is 0.385 e. The Morgan fingerprint density at radius 3 is 2.60 bits per heavy atom. The molecule has 0 saturated heterocycles. The minimum Gasteiger partial charge on any atom is -0.385 e. The van der Waals surface area contributed by atoms with Crippen LogP contribution in [-0.2, 0) is 9.53 Å². The van der Waals surface area contributed by atoms with Crippen molar-refractivity contribution in [3.8, 4) is 0 Å². The van der Waals surface area contributed by atoms with E-state index in [9.17, 15) is 4.79 Å². The number of amides is 1. The summed E-state index contributed by atoms with van der Waals surface area (Å²) in [7, 11) is 3.78. The number of likely N-dealkylation sites (N-methyl/N-ethyl adjacent to an activating group) is 1. The molecule has 0 bridgehead atoms. The van der Waals surface area contributed by atoms with Crippen LogP contribution in [0.15, 0.2) is 0 Å². The van der Waals surface area contributed by atoms with E-state index in [1.54, 1.807) is 7.11 Å². The summed E-state index contributed by atoms with van der Waals surface area (Å²) >= 11 is 0. The minimum absolute atomic E-state index is 0. The smallest absolute Gasteiger partial charge is 0.223 e. The number of halogens is 2. The molecule has 2 atom stereocenters. The lowest BCUT2D eigenvalue weighted by Gasteiger charge is -2.17. The molecule has 0 aliphatic heterocycles. The first kappa shape index (κ1) is 22.2. The molecule has 0 aromatic rings. The summed E-state index contributed by atoms with van der Waals surface area (Å²) in [6.07, 6.45) is 3.79. The van der Waals surface area contributed by atoms with Crippen LogP contribution in [0.1, 0.15) is 25.7 Å². The molecular formula is C13H29Cl2N3O2. The highest BCUT2D eigenvalue weighted by molar-refractivity contribution is 5.85. The maximum atomic E-state index is 11.8. The fraction of sp³-hybridized carbons (Fsp3) is 0.923. The molecule has 3 N–H and O–H groups in total. The van der Waals surface area contributed by atoms with Gasteiger partial charge >= 0.3 is 0 Å². The molecule has 1 aliphatic carbocycles. The highest BCUT2D eigenvalue weighted by Crippen LogP contribution is 2.23. The fourth-order valence-corrected chi connectivity index (χ4v) is 2.36. The molecule has 20 heavy (non-hydrogen) atoms. The SMILES string of the molecule is COCCCN(C)CCNC(=O)C1CCC(N)C1.Cl.Cl. The van der Waals surface area contributed by atoms with Gasteiger partial charge in [0, 0.05) is 45.3 Å². The minimum atomic E-state index is 0. The first-order chi connectivity index (χ1) is 8.63. The van der Waals surface area contributed by atoms with Crippen molar-refractivity contribution in [2.75, 3.05) is 40.4 Å². The third-order valence-electron chi connectivity index (χ3n) is 3.53. The number of nitrogens with zero attached hydrogens (tertiary/aromatic N) is 1. The summed E-state index contributed by atoms with van der Waals surface area (Å²) < 4.78 is 5.00. The number of rotatable bonds is 8. The number of carbonyl (C=O) groups excluding carboxylic acids is 1. The second-order valence-corrected chi connectivity index (χ2v) is 5.21. The quantitative estimate of drug-likeness (QED) is 0.653. The maximum absolute atomic E-state index is 11.8. The van der Waals surface area contributed by atoms with Crippen LogP contribution in [0.2, 0.25) is 0 Å². The molecule has 7 heteroatoms. The zero-order valence-electron chi connectivity index (χ0n) is 12.5. The molecule has 0 heterocycles. The predicted molar refractivity (Wildman–Crippen MR) is 86.8 cm³/mol. The molecule has 0 spiro atoms. The summed E-state index contributed by atoms with van der Waals surface area (Å²) in [5.41, 5.74) is 5.81. The number of ether oxygens (including phenoxy) is 1. The summed E-state index contributed by atoms with van der Waals surface area (Å²) in [6.45, 7) is 3.39. The predicted octanol–water partition coefficient (Wildman–Crippen LogP) is 1.04. The van der Waals surface area contributed by atoms with Gasteiger partial charge < -0.3 is 20.7 Å². The number of carbonyl (C=O) groups is 1. The van der Waals surface area contributed by atoms with E-state index in [-0.39, 0.29) is 42.7 Å². The van der Waals surface area contributed by atoms with Gasteiger partial charge in [0.1, 0.15) is 0 Å². The van der Waals surface area contributed by atoms with Gasteiger partial charge in [0.25, 0.3) is 0 Å². The molecule has 1 rings (SSSR count). The van der Waals surface area contributed by atoms with Gasteiger partial charge in [-0.05, 0) is 32.7 Å². The van der Waals surface area contributed by atoms with E-state index in [0.29, 0.717) is 6.54 Å². The van der Waals surface area contributed by atoms with Gasteiger partial charge in [0.2, 0.25) is 5.91 Å². The standard InChI is InChI=1S/C13H27N3O2.2ClH/c1-16(7-3-9-18-2)8-6-15-13(17)11-4-5-12(14)10-11;;/h11-12H,3-10,14H2,1-2H3,(H,15,17);2*1H. The van der Waals surface area contributed by atoms with Crippen molar-refractivity contribution in [2.24, 2.45) is 11.7 Å². The monoisotopic (exact) mass is 329 g/mol. The Hall–Kier alpha value is -0.0700. The second kappa shape index (κ2) is 12.7. The zero-order valence-corrected chi connectivity index (χ0v) is 14.1. The summed E-state index contributed by atoms with van der Waals surface area (Å²) in [4.78, 5) is 14.0. The van der Waals surface area contributed by atoms with Crippen LogP contribution in [0.5, 0.6) is 0 Å². The van der Waals surface area contributed by atoms with Crippen LogP contribution in [0.25, 0.3) is 0 Å². The van der Waals surface area contributed by atoms with Gasteiger partial charge in [-0.2, -0.15) is 0 Å². The number of methoxy groups -OCH3 is 1. The van der Waals surface area contributed by atoms with E-state index in [1.807, 2.05) is 0 Å². The van der Waals surface area contributed by atoms with Gasteiger partial charge in [-0.15, -0.1) is 24.8 Å². The van der Waals surface area contributed by atoms with Crippen molar-refractivity contribution in [1.82, 2.24) is 10.2 Å². The van der Waals surface area contributed by atoms with Gasteiger partial charge in [-0.1, -0.05) is 0 Å². The van der Waals surface area contributed by atoms with Crippen LogP contribution in [0.4, 0.5) is 0 Å². The molecule has 1 amide bonds. The van der Waals surface area contributed by atoms with Crippen molar-refractivity contribution >= 4 is 30.7 Å². The van der Waals surface area contributed by atoms with E-state index in [2.05, 4.69) is 17.3 Å². The normalized spacial score (nSPS) is 21.2. The molecule has 0 aromatic carbocycles.